The first kappa shape index (κ1) is 11.8. The third-order valence-electron chi connectivity index (χ3n) is 3.17. The topological polar surface area (TPSA) is 67.5 Å². The third-order valence-corrected chi connectivity index (χ3v) is 4.67. The first-order valence-corrected chi connectivity index (χ1v) is 6.92. The van der Waals surface area contributed by atoms with Gasteiger partial charge in [-0.3, -0.25) is 0 Å². The van der Waals surface area contributed by atoms with Gasteiger partial charge >= 0.3 is 0 Å². The van der Waals surface area contributed by atoms with E-state index in [1.165, 1.54) is 0 Å². The zero-order chi connectivity index (χ0) is 11.5. The predicted octanol–water partition coefficient (Wildman–Crippen LogP) is 0.906. The highest BCUT2D eigenvalue weighted by atomic mass is 32.2. The van der Waals surface area contributed by atoms with Crippen molar-refractivity contribution in [1.82, 2.24) is 5.32 Å². The Morgan fingerprint density at radius 3 is 3.19 bits per heavy atom. The number of hydrogen-bond donors (Lipinski definition) is 2. The number of thioether (sulfide) groups is 1. The summed E-state index contributed by atoms with van der Waals surface area (Å²) in [7, 11) is 0. The molecule has 2 aliphatic rings. The largest absolute Gasteiger partial charge is 0.370 e. The molecule has 1 fully saturated rings. The van der Waals surface area contributed by atoms with Crippen LogP contribution < -0.4 is 11.1 Å². The van der Waals surface area contributed by atoms with Crippen molar-refractivity contribution < 1.29 is 4.79 Å². The van der Waals surface area contributed by atoms with E-state index in [2.05, 4.69) is 10.3 Å². The number of nitrogens with two attached hydrogens (primary N) is 1. The van der Waals surface area contributed by atoms with Crippen LogP contribution in [0.15, 0.2) is 4.99 Å². The van der Waals surface area contributed by atoms with Crippen LogP contribution in [0.2, 0.25) is 0 Å². The monoisotopic (exact) mass is 241 g/mol. The van der Waals surface area contributed by atoms with Crippen molar-refractivity contribution in [2.24, 2.45) is 10.7 Å². The molecule has 0 radical (unpaired) electrons. The molecule has 0 aliphatic carbocycles. The lowest BCUT2D eigenvalue weighted by molar-refractivity contribution is -0.117. The molecular formula is C11H19N3OS. The second-order valence-electron chi connectivity index (χ2n) is 4.58. The number of rotatable bonds is 5. The van der Waals surface area contributed by atoms with E-state index < -0.39 is 0 Å². The van der Waals surface area contributed by atoms with Gasteiger partial charge in [0.15, 0.2) is 5.96 Å². The fraction of sp³-hybridized carbons (Fsp3) is 0.818. The SMILES string of the molecule is CC(=O)CCCCC1SCC2NC(N)=NC21. The summed E-state index contributed by atoms with van der Waals surface area (Å²) in [4.78, 5) is 15.3. The van der Waals surface area contributed by atoms with Gasteiger partial charge in [-0.05, 0) is 19.8 Å². The zero-order valence-electron chi connectivity index (χ0n) is 9.61. The normalized spacial score (nSPS) is 32.1. The predicted molar refractivity (Wildman–Crippen MR) is 67.7 cm³/mol. The van der Waals surface area contributed by atoms with Crippen LogP contribution in [0, 0.1) is 0 Å². The van der Waals surface area contributed by atoms with Gasteiger partial charge in [-0.2, -0.15) is 11.8 Å². The van der Waals surface area contributed by atoms with Crippen LogP contribution in [0.5, 0.6) is 0 Å². The number of Topliss-reactive ketones (excluding diaryl/α,β-unsaturated/α-hetero) is 1. The molecule has 0 saturated carbocycles. The first-order valence-electron chi connectivity index (χ1n) is 5.87. The Morgan fingerprint density at radius 2 is 2.44 bits per heavy atom. The van der Waals surface area contributed by atoms with Gasteiger partial charge in [0, 0.05) is 17.4 Å². The molecule has 90 valence electrons. The van der Waals surface area contributed by atoms with Crippen LogP contribution in [0.1, 0.15) is 32.6 Å². The molecule has 0 aromatic heterocycles. The summed E-state index contributed by atoms with van der Waals surface area (Å²) in [5.41, 5.74) is 5.67. The Balaban J connectivity index is 1.72. The van der Waals surface area contributed by atoms with Gasteiger partial charge in [-0.25, -0.2) is 4.99 Å². The number of hydrogen-bond acceptors (Lipinski definition) is 5. The minimum Gasteiger partial charge on any atom is -0.370 e. The molecule has 3 atom stereocenters. The van der Waals surface area contributed by atoms with Crippen molar-refractivity contribution in [2.75, 3.05) is 5.75 Å². The summed E-state index contributed by atoms with van der Waals surface area (Å²) in [6.45, 7) is 1.66. The molecule has 0 aromatic carbocycles. The smallest absolute Gasteiger partial charge is 0.189 e. The quantitative estimate of drug-likeness (QED) is 0.702. The van der Waals surface area contributed by atoms with Crippen LogP contribution in [0.25, 0.3) is 0 Å². The summed E-state index contributed by atoms with van der Waals surface area (Å²) < 4.78 is 0. The summed E-state index contributed by atoms with van der Waals surface area (Å²) in [6, 6.07) is 0.810. The van der Waals surface area contributed by atoms with Crippen molar-refractivity contribution >= 4 is 23.5 Å². The number of carbonyl (C=O) groups excluding carboxylic acids is 1. The van der Waals surface area contributed by atoms with Gasteiger partial charge in [0.05, 0.1) is 12.1 Å². The van der Waals surface area contributed by atoms with Crippen molar-refractivity contribution in [3.63, 3.8) is 0 Å². The third kappa shape index (κ3) is 2.70. The second-order valence-corrected chi connectivity index (χ2v) is 5.85. The molecule has 3 unspecified atom stereocenters. The number of nitrogens with one attached hydrogen (secondary N) is 1. The number of unbranched alkanes of at least 4 members (excludes halogenated alkanes) is 1. The Morgan fingerprint density at radius 1 is 1.62 bits per heavy atom. The van der Waals surface area contributed by atoms with Crippen molar-refractivity contribution in [3.8, 4) is 0 Å². The molecule has 1 saturated heterocycles. The summed E-state index contributed by atoms with van der Waals surface area (Å²) in [5.74, 6) is 2.00. The molecule has 0 aromatic rings. The molecule has 0 spiro atoms. The molecule has 5 heteroatoms. The molecule has 0 bridgehead atoms. The molecule has 0 amide bonds. The van der Waals surface area contributed by atoms with Crippen molar-refractivity contribution in [2.45, 2.75) is 49.9 Å². The van der Waals surface area contributed by atoms with E-state index >= 15 is 0 Å². The highest BCUT2D eigenvalue weighted by molar-refractivity contribution is 8.00. The molecule has 16 heavy (non-hydrogen) atoms. The lowest BCUT2D eigenvalue weighted by Gasteiger charge is -2.13. The number of nitrogens with zero attached hydrogens (tertiary/aromatic N) is 1. The van der Waals surface area contributed by atoms with Gasteiger partial charge in [0.25, 0.3) is 0 Å². The maximum atomic E-state index is 10.8. The lowest BCUT2D eigenvalue weighted by atomic mass is 10.0. The van der Waals surface area contributed by atoms with Crippen LogP contribution >= 0.6 is 11.8 Å². The number of aliphatic imine (C=N–C) groups is 1. The van der Waals surface area contributed by atoms with Gasteiger partial charge in [-0.15, -0.1) is 0 Å². The standard InChI is InChI=1S/C11H19N3OS/c1-7(15)4-2-3-5-9-10-8(6-16-9)13-11(12)14-10/h8-10H,2-6H2,1H3,(H3,12,13,14). The average Bonchev–Trinajstić information content (AvgIpc) is 2.72. The zero-order valence-corrected chi connectivity index (χ0v) is 10.4. The fourth-order valence-corrected chi connectivity index (χ4v) is 3.86. The van der Waals surface area contributed by atoms with Crippen LogP contribution in [-0.2, 0) is 4.79 Å². The summed E-state index contributed by atoms with van der Waals surface area (Å²) in [5, 5.41) is 3.80. The average molecular weight is 241 g/mol. The number of fused-ring (bicyclic) bond motifs is 1. The number of carbonyl (C=O) groups is 1. The second kappa shape index (κ2) is 5.08. The van der Waals surface area contributed by atoms with E-state index in [1.54, 1.807) is 6.92 Å². The van der Waals surface area contributed by atoms with E-state index in [9.17, 15) is 4.79 Å². The Labute approximate surface area is 100 Å². The minimum atomic E-state index is 0.293. The highest BCUT2D eigenvalue weighted by Crippen LogP contribution is 2.35. The van der Waals surface area contributed by atoms with E-state index in [4.69, 9.17) is 5.73 Å². The molecule has 2 heterocycles. The lowest BCUT2D eigenvalue weighted by Crippen LogP contribution is -2.38. The Hall–Kier alpha value is -0.710. The maximum absolute atomic E-state index is 10.8. The van der Waals surface area contributed by atoms with Gasteiger partial charge in [-0.1, -0.05) is 6.42 Å². The Kier molecular flexibility index (Phi) is 3.74. The number of ketones is 1. The van der Waals surface area contributed by atoms with E-state index in [-0.39, 0.29) is 0 Å². The Bertz CT molecular complexity index is 306. The molecule has 4 nitrogen and oxygen atoms in total. The van der Waals surface area contributed by atoms with Gasteiger partial charge in [0.1, 0.15) is 5.78 Å². The fourth-order valence-electron chi connectivity index (χ4n) is 2.35. The highest BCUT2D eigenvalue weighted by Gasteiger charge is 2.39. The van der Waals surface area contributed by atoms with Crippen molar-refractivity contribution in [1.29, 1.82) is 0 Å². The first-order chi connectivity index (χ1) is 7.66. The summed E-state index contributed by atoms with van der Waals surface area (Å²) >= 11 is 1.99. The molecule has 2 rings (SSSR count). The molecule has 2 aliphatic heterocycles. The van der Waals surface area contributed by atoms with E-state index in [0.29, 0.717) is 29.1 Å². The van der Waals surface area contributed by atoms with E-state index in [1.807, 2.05) is 11.8 Å². The maximum Gasteiger partial charge on any atom is 0.189 e. The van der Waals surface area contributed by atoms with Crippen LogP contribution in [0.3, 0.4) is 0 Å². The minimum absolute atomic E-state index is 0.293. The van der Waals surface area contributed by atoms with Crippen LogP contribution in [0.4, 0.5) is 0 Å². The summed E-state index contributed by atoms with van der Waals surface area (Å²) in [6.07, 6.45) is 4.00. The number of guanidine groups is 1. The molecular weight excluding hydrogens is 222 g/mol. The van der Waals surface area contributed by atoms with Crippen molar-refractivity contribution in [3.05, 3.63) is 0 Å². The molecule has 3 N–H and O–H groups in total. The van der Waals surface area contributed by atoms with E-state index in [0.717, 1.165) is 31.4 Å². The van der Waals surface area contributed by atoms with Gasteiger partial charge in [0.2, 0.25) is 0 Å². The van der Waals surface area contributed by atoms with Crippen LogP contribution in [-0.4, -0.2) is 34.8 Å². The van der Waals surface area contributed by atoms with Gasteiger partial charge < -0.3 is 15.8 Å².